The summed E-state index contributed by atoms with van der Waals surface area (Å²) in [6.45, 7) is 4.78. The summed E-state index contributed by atoms with van der Waals surface area (Å²) in [5.41, 5.74) is 15.1. The summed E-state index contributed by atoms with van der Waals surface area (Å²) in [7, 11) is 0. The van der Waals surface area contributed by atoms with Crippen LogP contribution in [0.25, 0.3) is 100 Å². The normalized spacial score (nSPS) is 12.9. The fourth-order valence-electron chi connectivity index (χ4n) is 9.87. The summed E-state index contributed by atoms with van der Waals surface area (Å²) in [6.07, 6.45) is 0. The molecule has 0 unspecified atom stereocenters. The largest absolute Gasteiger partial charge is 0.309 e. The number of nitrogens with zero attached hydrogens (tertiary/aromatic N) is 6. The second-order valence-electron chi connectivity index (χ2n) is 16.3. The van der Waals surface area contributed by atoms with Crippen LogP contribution in [0, 0.1) is 11.3 Å². The van der Waals surface area contributed by atoms with Crippen molar-refractivity contribution < 1.29 is 0 Å². The molecule has 0 saturated carbocycles. The average Bonchev–Trinajstić information content (AvgIpc) is 3.93. The second kappa shape index (κ2) is 13.2. The zero-order valence-corrected chi connectivity index (χ0v) is 33.5. The van der Waals surface area contributed by atoms with Crippen LogP contribution in [-0.4, -0.2) is 24.1 Å². The van der Waals surface area contributed by atoms with Crippen molar-refractivity contribution in [3.63, 3.8) is 0 Å². The Morgan fingerprint density at radius 2 is 0.934 bits per heavy atom. The van der Waals surface area contributed by atoms with Crippen molar-refractivity contribution >= 4 is 43.6 Å². The molecule has 11 aromatic rings. The molecule has 286 valence electrons. The molecule has 1 aliphatic rings. The standard InChI is InChI=1S/C55H36N6/c1-55(2)43-22-12-9-19-40(43)46-47-41-20-10-13-23-44(41)60(38-17-7-4-8-18-38)50(47)48-42-21-11-14-24-45(42)61(51(48)49(46)55)39-31-29-37(30-32-39)54-58-52(35-15-5-3-6-16-35)57-53(59-54)36-27-25-34(33-56)26-28-36/h3-32H,1-2H3. The Morgan fingerprint density at radius 3 is 1.56 bits per heavy atom. The van der Waals surface area contributed by atoms with E-state index in [4.69, 9.17) is 15.0 Å². The van der Waals surface area contributed by atoms with E-state index in [1.807, 2.05) is 42.5 Å². The molecular formula is C55H36N6. The molecule has 0 radical (unpaired) electrons. The third kappa shape index (κ3) is 5.11. The van der Waals surface area contributed by atoms with Crippen molar-refractivity contribution in [1.29, 1.82) is 5.26 Å². The lowest BCUT2D eigenvalue weighted by Crippen LogP contribution is -2.16. The van der Waals surface area contributed by atoms with Gasteiger partial charge in [-0.2, -0.15) is 5.26 Å². The lowest BCUT2D eigenvalue weighted by molar-refractivity contribution is 0.664. The minimum Gasteiger partial charge on any atom is -0.309 e. The van der Waals surface area contributed by atoms with Gasteiger partial charge < -0.3 is 9.13 Å². The van der Waals surface area contributed by atoms with Crippen LogP contribution in [0.1, 0.15) is 30.5 Å². The average molecular weight is 781 g/mol. The number of fused-ring (bicyclic) bond motifs is 12. The molecule has 61 heavy (non-hydrogen) atoms. The smallest absolute Gasteiger partial charge is 0.164 e. The van der Waals surface area contributed by atoms with Gasteiger partial charge >= 0.3 is 0 Å². The number of benzene rings is 8. The number of nitriles is 1. The number of aromatic nitrogens is 5. The Hall–Kier alpha value is -8.14. The van der Waals surface area contributed by atoms with E-state index in [1.54, 1.807) is 12.1 Å². The molecule has 0 saturated heterocycles. The molecule has 0 spiro atoms. The maximum absolute atomic E-state index is 9.45. The summed E-state index contributed by atoms with van der Waals surface area (Å²) in [4.78, 5) is 14.9. The van der Waals surface area contributed by atoms with Gasteiger partial charge in [0.05, 0.1) is 33.7 Å². The van der Waals surface area contributed by atoms with Gasteiger partial charge in [-0.1, -0.05) is 123 Å². The van der Waals surface area contributed by atoms with E-state index in [0.29, 0.717) is 23.0 Å². The van der Waals surface area contributed by atoms with Crippen LogP contribution in [0.2, 0.25) is 0 Å². The fraction of sp³-hybridized carbons (Fsp3) is 0.0545. The number of para-hydroxylation sites is 3. The van der Waals surface area contributed by atoms with Crippen molar-refractivity contribution in [2.45, 2.75) is 19.3 Å². The van der Waals surface area contributed by atoms with E-state index in [1.165, 1.54) is 60.3 Å². The maximum atomic E-state index is 9.45. The van der Waals surface area contributed by atoms with Gasteiger partial charge in [-0.3, -0.25) is 0 Å². The maximum Gasteiger partial charge on any atom is 0.164 e. The molecule has 6 heteroatoms. The van der Waals surface area contributed by atoms with Crippen molar-refractivity contribution in [3.05, 3.63) is 199 Å². The molecule has 0 aliphatic heterocycles. The van der Waals surface area contributed by atoms with Crippen LogP contribution in [0.15, 0.2) is 182 Å². The van der Waals surface area contributed by atoms with Gasteiger partial charge in [0, 0.05) is 55.0 Å². The van der Waals surface area contributed by atoms with Crippen LogP contribution >= 0.6 is 0 Å². The minimum absolute atomic E-state index is 0.291. The molecule has 3 aromatic heterocycles. The Balaban J connectivity index is 1.15. The van der Waals surface area contributed by atoms with Gasteiger partial charge in [-0.05, 0) is 95.1 Å². The van der Waals surface area contributed by atoms with Gasteiger partial charge in [0.15, 0.2) is 17.5 Å². The molecule has 1 aliphatic carbocycles. The molecule has 0 amide bonds. The molecule has 0 fully saturated rings. The highest BCUT2D eigenvalue weighted by molar-refractivity contribution is 6.32. The van der Waals surface area contributed by atoms with Gasteiger partial charge in [0.1, 0.15) is 0 Å². The highest BCUT2D eigenvalue weighted by Crippen LogP contribution is 2.58. The first-order valence-corrected chi connectivity index (χ1v) is 20.6. The van der Waals surface area contributed by atoms with Crippen LogP contribution in [0.3, 0.4) is 0 Å². The molecular weight excluding hydrogens is 745 g/mol. The lowest BCUT2D eigenvalue weighted by atomic mass is 9.81. The van der Waals surface area contributed by atoms with Crippen molar-refractivity contribution in [2.24, 2.45) is 0 Å². The molecule has 0 atom stereocenters. The first-order chi connectivity index (χ1) is 30.0. The molecule has 8 aromatic carbocycles. The Bertz CT molecular complexity index is 3590. The summed E-state index contributed by atoms with van der Waals surface area (Å²) >= 11 is 0. The lowest BCUT2D eigenvalue weighted by Gasteiger charge is -2.24. The van der Waals surface area contributed by atoms with Crippen molar-refractivity contribution in [3.8, 4) is 62.7 Å². The van der Waals surface area contributed by atoms with E-state index < -0.39 is 0 Å². The first kappa shape index (κ1) is 34.9. The van der Waals surface area contributed by atoms with Gasteiger partial charge in [0.25, 0.3) is 0 Å². The van der Waals surface area contributed by atoms with Crippen LogP contribution in [-0.2, 0) is 5.41 Å². The quantitative estimate of drug-likeness (QED) is 0.174. The Labute approximate surface area is 352 Å². The van der Waals surface area contributed by atoms with Gasteiger partial charge in [0.2, 0.25) is 0 Å². The Morgan fingerprint density at radius 1 is 0.459 bits per heavy atom. The van der Waals surface area contributed by atoms with Crippen molar-refractivity contribution in [2.75, 3.05) is 0 Å². The highest BCUT2D eigenvalue weighted by Gasteiger charge is 2.41. The zero-order chi connectivity index (χ0) is 40.8. The van der Waals surface area contributed by atoms with E-state index in [0.717, 1.165) is 33.6 Å². The molecule has 6 nitrogen and oxygen atoms in total. The van der Waals surface area contributed by atoms with E-state index in [2.05, 4.69) is 156 Å². The topological polar surface area (TPSA) is 72.3 Å². The number of hydrogen-bond donors (Lipinski definition) is 0. The Kier molecular flexibility index (Phi) is 7.54. The molecule has 0 bridgehead atoms. The van der Waals surface area contributed by atoms with Gasteiger partial charge in [-0.25, -0.2) is 15.0 Å². The predicted octanol–water partition coefficient (Wildman–Crippen LogP) is 13.2. The number of hydrogen-bond acceptors (Lipinski definition) is 4. The van der Waals surface area contributed by atoms with Crippen LogP contribution < -0.4 is 0 Å². The van der Waals surface area contributed by atoms with Crippen LogP contribution in [0.4, 0.5) is 0 Å². The zero-order valence-electron chi connectivity index (χ0n) is 33.5. The van der Waals surface area contributed by atoms with E-state index in [-0.39, 0.29) is 5.41 Å². The van der Waals surface area contributed by atoms with E-state index in [9.17, 15) is 5.26 Å². The van der Waals surface area contributed by atoms with Crippen LogP contribution in [0.5, 0.6) is 0 Å². The summed E-state index contributed by atoms with van der Waals surface area (Å²) in [5.74, 6) is 1.72. The SMILES string of the molecule is CC1(C)c2ccccc2-c2c1c1c(c3ccccc3n1-c1ccc(-c3nc(-c4ccccc4)nc(-c4ccc(C#N)cc4)n3)cc1)c1c2c2ccccc2n1-c1ccccc1. The molecule has 0 N–H and O–H groups in total. The fourth-order valence-corrected chi connectivity index (χ4v) is 9.87. The first-order valence-electron chi connectivity index (χ1n) is 20.6. The molecule has 12 rings (SSSR count). The predicted molar refractivity (Wildman–Crippen MR) is 247 cm³/mol. The minimum atomic E-state index is -0.291. The summed E-state index contributed by atoms with van der Waals surface area (Å²) < 4.78 is 4.97. The second-order valence-corrected chi connectivity index (χ2v) is 16.3. The number of rotatable bonds is 5. The van der Waals surface area contributed by atoms with Gasteiger partial charge in [-0.15, -0.1) is 0 Å². The molecule has 3 heterocycles. The third-order valence-corrected chi connectivity index (χ3v) is 12.6. The third-order valence-electron chi connectivity index (χ3n) is 12.6. The van der Waals surface area contributed by atoms with Crippen molar-refractivity contribution in [1.82, 2.24) is 24.1 Å². The van der Waals surface area contributed by atoms with E-state index >= 15 is 0 Å². The highest BCUT2D eigenvalue weighted by atomic mass is 15.0. The summed E-state index contributed by atoms with van der Waals surface area (Å²) in [5, 5.41) is 14.4. The monoisotopic (exact) mass is 780 g/mol. The summed E-state index contributed by atoms with van der Waals surface area (Å²) in [6, 6.07) is 65.8.